The second kappa shape index (κ2) is 9.89. The summed E-state index contributed by atoms with van der Waals surface area (Å²) in [7, 11) is 0. The van der Waals surface area contributed by atoms with E-state index in [9.17, 15) is 14.4 Å². The van der Waals surface area contributed by atoms with Crippen molar-refractivity contribution in [2.45, 2.75) is 39.7 Å². The van der Waals surface area contributed by atoms with E-state index in [4.69, 9.17) is 0 Å². The normalized spacial score (nSPS) is 11.6. The van der Waals surface area contributed by atoms with E-state index in [0.717, 1.165) is 23.2 Å². The van der Waals surface area contributed by atoms with Crippen molar-refractivity contribution in [1.82, 2.24) is 4.57 Å². The maximum Gasteiger partial charge on any atom is 0.255 e. The first-order chi connectivity index (χ1) is 14.9. The van der Waals surface area contributed by atoms with Crippen LogP contribution in [-0.2, 0) is 11.3 Å². The highest BCUT2D eigenvalue weighted by Gasteiger charge is 2.13. The number of nitrogens with zero attached hydrogens (tertiary/aromatic N) is 1. The van der Waals surface area contributed by atoms with Crippen LogP contribution in [0.3, 0.4) is 0 Å². The van der Waals surface area contributed by atoms with Gasteiger partial charge in [0.05, 0.1) is 0 Å². The number of nitrogens with one attached hydrogen (secondary N) is 2. The van der Waals surface area contributed by atoms with Crippen LogP contribution in [0.15, 0.2) is 71.7 Å². The van der Waals surface area contributed by atoms with Crippen LogP contribution in [0.1, 0.15) is 47.7 Å². The Kier molecular flexibility index (Phi) is 7.03. The summed E-state index contributed by atoms with van der Waals surface area (Å²) < 4.78 is 1.36. The number of pyridine rings is 1. The molecule has 31 heavy (non-hydrogen) atoms. The summed E-state index contributed by atoms with van der Waals surface area (Å²) in [6.07, 6.45) is 2.63. The highest BCUT2D eigenvalue weighted by atomic mass is 16.2. The van der Waals surface area contributed by atoms with E-state index in [1.54, 1.807) is 36.5 Å². The van der Waals surface area contributed by atoms with E-state index in [1.807, 2.05) is 31.2 Å². The number of hydrogen-bond acceptors (Lipinski definition) is 3. The van der Waals surface area contributed by atoms with Gasteiger partial charge in [0.25, 0.3) is 11.5 Å². The number of carbonyl (C=O) groups is 2. The van der Waals surface area contributed by atoms with Gasteiger partial charge in [0, 0.05) is 29.2 Å². The fourth-order valence-electron chi connectivity index (χ4n) is 3.29. The summed E-state index contributed by atoms with van der Waals surface area (Å²) in [6, 6.07) is 17.6. The van der Waals surface area contributed by atoms with E-state index in [-0.39, 0.29) is 23.9 Å². The maximum absolute atomic E-state index is 12.7. The summed E-state index contributed by atoms with van der Waals surface area (Å²) >= 11 is 0. The lowest BCUT2D eigenvalue weighted by Gasteiger charge is -2.15. The molecular formula is C25H27N3O3. The topological polar surface area (TPSA) is 80.2 Å². The lowest BCUT2D eigenvalue weighted by atomic mass is 9.97. The van der Waals surface area contributed by atoms with Gasteiger partial charge in [-0.3, -0.25) is 14.4 Å². The lowest BCUT2D eigenvalue weighted by molar-refractivity contribution is -0.116. The zero-order valence-electron chi connectivity index (χ0n) is 18.0. The highest BCUT2D eigenvalue weighted by molar-refractivity contribution is 6.05. The minimum Gasteiger partial charge on any atom is -0.325 e. The third-order valence-electron chi connectivity index (χ3n) is 5.23. The van der Waals surface area contributed by atoms with Crippen LogP contribution >= 0.6 is 0 Å². The molecule has 0 bridgehead atoms. The third-order valence-corrected chi connectivity index (χ3v) is 5.23. The van der Waals surface area contributed by atoms with E-state index < -0.39 is 0 Å². The van der Waals surface area contributed by atoms with Crippen molar-refractivity contribution in [1.29, 1.82) is 0 Å². The third kappa shape index (κ3) is 5.69. The molecule has 0 saturated heterocycles. The van der Waals surface area contributed by atoms with Gasteiger partial charge in [0.1, 0.15) is 6.54 Å². The second-order valence-corrected chi connectivity index (χ2v) is 7.65. The molecule has 0 radical (unpaired) electrons. The zero-order valence-corrected chi connectivity index (χ0v) is 18.0. The van der Waals surface area contributed by atoms with Crippen LogP contribution in [0.4, 0.5) is 11.4 Å². The zero-order chi connectivity index (χ0) is 22.4. The Morgan fingerprint density at radius 2 is 1.68 bits per heavy atom. The average Bonchev–Trinajstić information content (AvgIpc) is 2.76. The fourth-order valence-corrected chi connectivity index (χ4v) is 3.29. The van der Waals surface area contributed by atoms with Crippen molar-refractivity contribution >= 4 is 23.2 Å². The first-order valence-electron chi connectivity index (χ1n) is 10.3. The molecule has 0 aliphatic rings. The van der Waals surface area contributed by atoms with Gasteiger partial charge in [0.15, 0.2) is 0 Å². The van der Waals surface area contributed by atoms with Crippen molar-refractivity contribution < 1.29 is 9.59 Å². The SMILES string of the molecule is CCC(C)c1ccccc1NC(=O)c1ccc(NC(=O)Cn2cc(C)ccc2=O)cc1. The molecule has 1 atom stereocenters. The molecule has 1 aromatic heterocycles. The molecule has 2 amide bonds. The average molecular weight is 418 g/mol. The van der Waals surface area contributed by atoms with Crippen LogP contribution in [0.5, 0.6) is 0 Å². The van der Waals surface area contributed by atoms with Gasteiger partial charge < -0.3 is 15.2 Å². The Balaban J connectivity index is 1.65. The lowest BCUT2D eigenvalue weighted by Crippen LogP contribution is -2.26. The second-order valence-electron chi connectivity index (χ2n) is 7.65. The molecule has 3 aromatic rings. The van der Waals surface area contributed by atoms with Crippen LogP contribution in [0.25, 0.3) is 0 Å². The number of amides is 2. The van der Waals surface area contributed by atoms with Crippen LogP contribution in [-0.4, -0.2) is 16.4 Å². The molecule has 1 heterocycles. The molecule has 160 valence electrons. The standard InChI is InChI=1S/C25H27N3O3/c1-4-18(3)21-7-5-6-8-22(21)27-25(31)19-10-12-20(13-11-19)26-23(29)16-28-15-17(2)9-14-24(28)30/h5-15,18H,4,16H2,1-3H3,(H,26,29)(H,27,31). The Hall–Kier alpha value is -3.67. The van der Waals surface area contributed by atoms with E-state index in [0.29, 0.717) is 17.2 Å². The number of benzene rings is 2. The first kappa shape index (κ1) is 22.0. The Morgan fingerprint density at radius 1 is 0.968 bits per heavy atom. The number of aromatic nitrogens is 1. The Morgan fingerprint density at radius 3 is 2.39 bits per heavy atom. The summed E-state index contributed by atoms with van der Waals surface area (Å²) in [4.78, 5) is 36.8. The van der Waals surface area contributed by atoms with Gasteiger partial charge in [-0.15, -0.1) is 0 Å². The summed E-state index contributed by atoms with van der Waals surface area (Å²) in [5, 5.41) is 5.74. The number of rotatable bonds is 7. The summed E-state index contributed by atoms with van der Waals surface area (Å²) in [5.41, 5.74) is 3.63. The first-order valence-corrected chi connectivity index (χ1v) is 10.3. The molecule has 0 saturated carbocycles. The molecule has 3 rings (SSSR count). The monoisotopic (exact) mass is 417 g/mol. The molecule has 6 nitrogen and oxygen atoms in total. The smallest absolute Gasteiger partial charge is 0.255 e. The van der Waals surface area contributed by atoms with Crippen LogP contribution in [0.2, 0.25) is 0 Å². The minimum absolute atomic E-state index is 0.0743. The number of carbonyl (C=O) groups excluding carboxylic acids is 2. The van der Waals surface area contributed by atoms with Gasteiger partial charge >= 0.3 is 0 Å². The van der Waals surface area contributed by atoms with Crippen LogP contribution in [0, 0.1) is 6.92 Å². The maximum atomic E-state index is 12.7. The van der Waals surface area contributed by atoms with Crippen molar-refractivity contribution in [3.8, 4) is 0 Å². The largest absolute Gasteiger partial charge is 0.325 e. The number of hydrogen-bond donors (Lipinski definition) is 2. The molecule has 6 heteroatoms. The van der Waals surface area contributed by atoms with E-state index in [2.05, 4.69) is 24.5 Å². The van der Waals surface area contributed by atoms with Crippen LogP contribution < -0.4 is 16.2 Å². The van der Waals surface area contributed by atoms with Crippen molar-refractivity contribution in [2.24, 2.45) is 0 Å². The molecule has 0 aliphatic heterocycles. The Labute approximate surface area is 181 Å². The molecule has 2 N–H and O–H groups in total. The predicted octanol–water partition coefficient (Wildman–Crippen LogP) is 4.56. The summed E-state index contributed by atoms with van der Waals surface area (Å²) in [5.74, 6) is -0.178. The number of aryl methyl sites for hydroxylation is 1. The molecular weight excluding hydrogens is 390 g/mol. The molecule has 0 spiro atoms. The quantitative estimate of drug-likeness (QED) is 0.591. The molecule has 2 aromatic carbocycles. The highest BCUT2D eigenvalue weighted by Crippen LogP contribution is 2.27. The predicted molar refractivity (Wildman–Crippen MR) is 124 cm³/mol. The molecule has 0 aliphatic carbocycles. The van der Waals surface area contributed by atoms with Gasteiger partial charge in [-0.1, -0.05) is 38.1 Å². The van der Waals surface area contributed by atoms with Crippen molar-refractivity contribution in [3.63, 3.8) is 0 Å². The van der Waals surface area contributed by atoms with Crippen molar-refractivity contribution in [3.05, 3.63) is 93.9 Å². The number of anilines is 2. The van der Waals surface area contributed by atoms with Gasteiger partial charge in [-0.05, 0) is 60.7 Å². The Bertz CT molecular complexity index is 1130. The van der Waals surface area contributed by atoms with Gasteiger partial charge in [0.2, 0.25) is 5.91 Å². The van der Waals surface area contributed by atoms with Gasteiger partial charge in [-0.2, -0.15) is 0 Å². The van der Waals surface area contributed by atoms with E-state index >= 15 is 0 Å². The fraction of sp³-hybridized carbons (Fsp3) is 0.240. The van der Waals surface area contributed by atoms with Gasteiger partial charge in [-0.25, -0.2) is 0 Å². The summed E-state index contributed by atoms with van der Waals surface area (Å²) in [6.45, 7) is 6.03. The molecule has 0 fully saturated rings. The molecule has 1 unspecified atom stereocenters. The van der Waals surface area contributed by atoms with E-state index in [1.165, 1.54) is 10.6 Å². The number of para-hydroxylation sites is 1. The minimum atomic E-state index is -0.313. The van der Waals surface area contributed by atoms with Crippen molar-refractivity contribution in [2.75, 3.05) is 10.6 Å².